The number of aryl methyl sites for hydroxylation is 2. The third-order valence-electron chi connectivity index (χ3n) is 5.45. The number of sulfonamides is 1. The SMILES string of the molecule is CCc1nnc(-c2cc(S(=O)(=O)N3CCN(c4cccc(C)c4C)CC3)c[nH]2)o1. The Hall–Kier alpha value is -2.65. The molecule has 0 aliphatic carbocycles. The van der Waals surface area contributed by atoms with Crippen LogP contribution in [0.5, 0.6) is 0 Å². The fraction of sp³-hybridized carbons (Fsp3) is 0.400. The largest absolute Gasteiger partial charge is 0.419 e. The van der Waals surface area contributed by atoms with Gasteiger partial charge in [0.05, 0.1) is 0 Å². The molecule has 154 valence electrons. The molecule has 1 fully saturated rings. The maximum atomic E-state index is 13.1. The van der Waals surface area contributed by atoms with Gasteiger partial charge in [0.1, 0.15) is 10.6 Å². The first-order valence-corrected chi connectivity index (χ1v) is 11.2. The third-order valence-corrected chi connectivity index (χ3v) is 7.33. The molecule has 0 atom stereocenters. The van der Waals surface area contributed by atoms with Crippen molar-refractivity contribution in [2.75, 3.05) is 31.1 Å². The van der Waals surface area contributed by atoms with Crippen molar-refractivity contribution >= 4 is 15.7 Å². The fourth-order valence-corrected chi connectivity index (χ4v) is 4.97. The van der Waals surface area contributed by atoms with E-state index in [4.69, 9.17) is 4.42 Å². The quantitative estimate of drug-likeness (QED) is 0.688. The third kappa shape index (κ3) is 3.67. The summed E-state index contributed by atoms with van der Waals surface area (Å²) in [5, 5.41) is 7.88. The molecule has 1 saturated heterocycles. The summed E-state index contributed by atoms with van der Waals surface area (Å²) >= 11 is 0. The second-order valence-electron chi connectivity index (χ2n) is 7.21. The molecule has 0 radical (unpaired) electrons. The van der Waals surface area contributed by atoms with Gasteiger partial charge in [-0.1, -0.05) is 19.1 Å². The van der Waals surface area contributed by atoms with Gasteiger partial charge < -0.3 is 14.3 Å². The summed E-state index contributed by atoms with van der Waals surface area (Å²) < 4.78 is 33.2. The van der Waals surface area contributed by atoms with Crippen molar-refractivity contribution in [3.05, 3.63) is 47.5 Å². The van der Waals surface area contributed by atoms with E-state index in [0.29, 0.717) is 50.1 Å². The van der Waals surface area contributed by atoms with E-state index in [1.54, 1.807) is 6.07 Å². The normalized spacial score (nSPS) is 15.8. The fourth-order valence-electron chi connectivity index (χ4n) is 3.55. The Bertz CT molecular complexity index is 1110. The molecule has 0 bridgehead atoms. The maximum absolute atomic E-state index is 13.1. The monoisotopic (exact) mass is 415 g/mol. The van der Waals surface area contributed by atoms with Crippen LogP contribution in [0.15, 0.2) is 39.8 Å². The van der Waals surface area contributed by atoms with Crippen LogP contribution in [0.3, 0.4) is 0 Å². The van der Waals surface area contributed by atoms with Crippen LogP contribution in [0, 0.1) is 13.8 Å². The van der Waals surface area contributed by atoms with E-state index in [0.717, 1.165) is 0 Å². The smallest absolute Gasteiger partial charge is 0.264 e. The van der Waals surface area contributed by atoms with Gasteiger partial charge in [-0.3, -0.25) is 0 Å². The van der Waals surface area contributed by atoms with Crippen LogP contribution in [0.25, 0.3) is 11.6 Å². The summed E-state index contributed by atoms with van der Waals surface area (Å²) in [5.74, 6) is 0.810. The van der Waals surface area contributed by atoms with Gasteiger partial charge >= 0.3 is 0 Å². The van der Waals surface area contributed by atoms with Crippen LogP contribution in [-0.2, 0) is 16.4 Å². The maximum Gasteiger partial charge on any atom is 0.264 e. The van der Waals surface area contributed by atoms with Crippen molar-refractivity contribution in [1.82, 2.24) is 19.5 Å². The minimum atomic E-state index is -3.59. The van der Waals surface area contributed by atoms with Gasteiger partial charge in [0.2, 0.25) is 15.9 Å². The Labute approximate surface area is 170 Å². The number of benzene rings is 1. The molecule has 3 aromatic rings. The molecule has 1 aliphatic rings. The van der Waals surface area contributed by atoms with Gasteiger partial charge in [0.15, 0.2) is 0 Å². The topological polar surface area (TPSA) is 95.3 Å². The summed E-state index contributed by atoms with van der Waals surface area (Å²) in [6.45, 7) is 8.31. The van der Waals surface area contributed by atoms with Crippen molar-refractivity contribution in [2.24, 2.45) is 0 Å². The summed E-state index contributed by atoms with van der Waals surface area (Å²) in [7, 11) is -3.59. The van der Waals surface area contributed by atoms with Gasteiger partial charge in [-0.15, -0.1) is 10.2 Å². The summed E-state index contributed by atoms with van der Waals surface area (Å²) in [5.41, 5.74) is 4.16. The van der Waals surface area contributed by atoms with Gasteiger partial charge in [-0.25, -0.2) is 8.42 Å². The molecule has 3 heterocycles. The average molecular weight is 416 g/mol. The number of hydrogen-bond acceptors (Lipinski definition) is 6. The predicted octanol–water partition coefficient (Wildman–Crippen LogP) is 2.75. The van der Waals surface area contributed by atoms with Gasteiger partial charge in [0, 0.05) is 44.5 Å². The molecule has 0 spiro atoms. The number of aromatic nitrogens is 3. The minimum absolute atomic E-state index is 0.212. The highest BCUT2D eigenvalue weighted by atomic mass is 32.2. The Morgan fingerprint density at radius 1 is 1.14 bits per heavy atom. The number of nitrogens with zero attached hydrogens (tertiary/aromatic N) is 4. The molecule has 1 N–H and O–H groups in total. The van der Waals surface area contributed by atoms with Crippen molar-refractivity contribution in [3.63, 3.8) is 0 Å². The lowest BCUT2D eigenvalue weighted by Crippen LogP contribution is -2.48. The number of rotatable bonds is 5. The Morgan fingerprint density at radius 3 is 2.59 bits per heavy atom. The molecule has 0 amide bonds. The summed E-state index contributed by atoms with van der Waals surface area (Å²) in [6.07, 6.45) is 2.11. The van der Waals surface area contributed by atoms with E-state index in [1.165, 1.54) is 27.3 Å². The lowest BCUT2D eigenvalue weighted by molar-refractivity contribution is 0.385. The molecule has 1 aliphatic heterocycles. The van der Waals surface area contributed by atoms with E-state index in [-0.39, 0.29) is 4.90 Å². The Balaban J connectivity index is 1.49. The average Bonchev–Trinajstić information content (AvgIpc) is 3.40. The lowest BCUT2D eigenvalue weighted by Gasteiger charge is -2.36. The first-order valence-electron chi connectivity index (χ1n) is 9.72. The van der Waals surface area contributed by atoms with Gasteiger partial charge in [-0.2, -0.15) is 4.31 Å². The van der Waals surface area contributed by atoms with Gasteiger partial charge in [-0.05, 0) is 37.1 Å². The highest BCUT2D eigenvalue weighted by Gasteiger charge is 2.30. The zero-order chi connectivity index (χ0) is 20.6. The van der Waals surface area contributed by atoms with Crippen LogP contribution < -0.4 is 4.90 Å². The van der Waals surface area contributed by atoms with E-state index < -0.39 is 10.0 Å². The second kappa shape index (κ2) is 7.64. The highest BCUT2D eigenvalue weighted by molar-refractivity contribution is 7.89. The molecule has 0 unspecified atom stereocenters. The second-order valence-corrected chi connectivity index (χ2v) is 9.15. The van der Waals surface area contributed by atoms with Crippen LogP contribution in [0.2, 0.25) is 0 Å². The summed E-state index contributed by atoms with van der Waals surface area (Å²) in [6, 6.07) is 7.79. The standard InChI is InChI=1S/C20H25N5O3S/c1-4-19-22-23-20(28-19)17-12-16(13-21-17)29(26,27)25-10-8-24(9-11-25)18-7-5-6-14(2)15(18)3/h5-7,12-13,21H,4,8-11H2,1-3H3. The van der Waals surface area contributed by atoms with E-state index in [9.17, 15) is 8.42 Å². The highest BCUT2D eigenvalue weighted by Crippen LogP contribution is 2.27. The van der Waals surface area contributed by atoms with Crippen molar-refractivity contribution < 1.29 is 12.8 Å². The number of piperazine rings is 1. The number of nitrogens with one attached hydrogen (secondary N) is 1. The lowest BCUT2D eigenvalue weighted by atomic mass is 10.1. The zero-order valence-electron chi connectivity index (χ0n) is 16.8. The first kappa shape index (κ1) is 19.7. The van der Waals surface area contributed by atoms with Crippen LogP contribution >= 0.6 is 0 Å². The van der Waals surface area contributed by atoms with Crippen molar-refractivity contribution in [2.45, 2.75) is 32.1 Å². The number of anilines is 1. The molecule has 8 nitrogen and oxygen atoms in total. The Morgan fingerprint density at radius 2 is 1.90 bits per heavy atom. The molecule has 9 heteroatoms. The molecule has 4 rings (SSSR count). The number of aromatic amines is 1. The van der Waals surface area contributed by atoms with E-state index in [2.05, 4.69) is 46.1 Å². The van der Waals surface area contributed by atoms with Gasteiger partial charge in [0.25, 0.3) is 5.89 Å². The first-order chi connectivity index (χ1) is 13.9. The number of hydrogen-bond donors (Lipinski definition) is 1. The van der Waals surface area contributed by atoms with E-state index in [1.807, 2.05) is 13.0 Å². The van der Waals surface area contributed by atoms with Crippen molar-refractivity contribution in [3.8, 4) is 11.6 Å². The molecule has 0 saturated carbocycles. The minimum Gasteiger partial charge on any atom is -0.419 e. The molecule has 2 aromatic heterocycles. The molecule has 1 aromatic carbocycles. The predicted molar refractivity (Wildman–Crippen MR) is 110 cm³/mol. The van der Waals surface area contributed by atoms with Crippen LogP contribution in [0.1, 0.15) is 23.9 Å². The van der Waals surface area contributed by atoms with E-state index >= 15 is 0 Å². The molecular formula is C20H25N5O3S. The van der Waals surface area contributed by atoms with Crippen LogP contribution in [0.4, 0.5) is 5.69 Å². The molecule has 29 heavy (non-hydrogen) atoms. The summed E-state index contributed by atoms with van der Waals surface area (Å²) in [4.78, 5) is 5.40. The van der Waals surface area contributed by atoms with Crippen LogP contribution in [-0.4, -0.2) is 54.1 Å². The molecular weight excluding hydrogens is 390 g/mol. The van der Waals surface area contributed by atoms with Crippen molar-refractivity contribution in [1.29, 1.82) is 0 Å². The zero-order valence-corrected chi connectivity index (χ0v) is 17.7. The number of H-pyrrole nitrogens is 1. The Kier molecular flexibility index (Phi) is 5.18.